The molecule has 0 aromatic heterocycles. The van der Waals surface area contributed by atoms with Gasteiger partial charge in [0.15, 0.2) is 0 Å². The minimum Gasteiger partial charge on any atom is -0.395 e. The van der Waals surface area contributed by atoms with Crippen LogP contribution in [0.2, 0.25) is 5.02 Å². The fourth-order valence-electron chi connectivity index (χ4n) is 2.25. The van der Waals surface area contributed by atoms with Crippen molar-refractivity contribution in [2.45, 2.75) is 38.6 Å². The molecule has 1 fully saturated rings. The Balaban J connectivity index is 2.04. The molecule has 0 atom stereocenters. The number of urea groups is 1. The molecular weight excluding hydrogens is 330 g/mol. The number of benzene rings is 1. The maximum Gasteiger partial charge on any atom is 0.321 e. The predicted octanol–water partition coefficient (Wildman–Crippen LogP) is 2.86. The second kappa shape index (κ2) is 8.89. The average Bonchev–Trinajstić information content (AvgIpc) is 3.37. The van der Waals surface area contributed by atoms with Gasteiger partial charge in [-0.3, -0.25) is 4.79 Å². The Bertz CT molecular complexity index is 590. The van der Waals surface area contributed by atoms with Gasteiger partial charge in [0.05, 0.1) is 17.2 Å². The molecule has 6 nitrogen and oxygen atoms in total. The van der Waals surface area contributed by atoms with E-state index in [2.05, 4.69) is 10.6 Å². The molecule has 1 aliphatic rings. The lowest BCUT2D eigenvalue weighted by molar-refractivity contribution is 0.0951. The number of unbranched alkanes of at least 4 members (excludes halogenated alkanes) is 1. The van der Waals surface area contributed by atoms with Crippen molar-refractivity contribution in [2.75, 3.05) is 25.0 Å². The maximum absolute atomic E-state index is 12.3. The van der Waals surface area contributed by atoms with Gasteiger partial charge >= 0.3 is 6.03 Å². The normalized spacial score (nSPS) is 13.5. The molecule has 3 amide bonds. The van der Waals surface area contributed by atoms with Gasteiger partial charge in [-0.1, -0.05) is 24.9 Å². The molecule has 7 heteroatoms. The number of hydrogen-bond acceptors (Lipinski definition) is 3. The van der Waals surface area contributed by atoms with Crippen LogP contribution in [0, 0.1) is 0 Å². The summed E-state index contributed by atoms with van der Waals surface area (Å²) in [4.78, 5) is 26.1. The van der Waals surface area contributed by atoms with E-state index in [1.54, 1.807) is 23.1 Å². The molecule has 0 unspecified atom stereocenters. The van der Waals surface area contributed by atoms with E-state index in [-0.39, 0.29) is 31.1 Å². The van der Waals surface area contributed by atoms with Crippen molar-refractivity contribution in [3.63, 3.8) is 0 Å². The van der Waals surface area contributed by atoms with Crippen molar-refractivity contribution >= 4 is 29.2 Å². The van der Waals surface area contributed by atoms with Gasteiger partial charge in [-0.25, -0.2) is 4.79 Å². The highest BCUT2D eigenvalue weighted by molar-refractivity contribution is 6.34. The molecule has 1 aromatic carbocycles. The van der Waals surface area contributed by atoms with E-state index in [4.69, 9.17) is 16.7 Å². The van der Waals surface area contributed by atoms with Crippen LogP contribution in [-0.4, -0.2) is 47.7 Å². The molecule has 0 aliphatic heterocycles. The summed E-state index contributed by atoms with van der Waals surface area (Å²) in [6.07, 6.45) is 3.81. The number of carbonyl (C=O) groups is 2. The first kappa shape index (κ1) is 18.5. The van der Waals surface area contributed by atoms with Gasteiger partial charge < -0.3 is 20.6 Å². The van der Waals surface area contributed by atoms with Gasteiger partial charge in [-0.2, -0.15) is 0 Å². The van der Waals surface area contributed by atoms with Crippen LogP contribution >= 0.6 is 11.6 Å². The monoisotopic (exact) mass is 353 g/mol. The molecule has 1 aromatic rings. The summed E-state index contributed by atoms with van der Waals surface area (Å²) in [6, 6.07) is 4.77. The number of amides is 3. The van der Waals surface area contributed by atoms with Gasteiger partial charge in [-0.15, -0.1) is 0 Å². The highest BCUT2D eigenvalue weighted by Crippen LogP contribution is 2.24. The summed E-state index contributed by atoms with van der Waals surface area (Å²) in [5.41, 5.74) is 0.855. The van der Waals surface area contributed by atoms with Gasteiger partial charge in [0.25, 0.3) is 5.91 Å². The molecule has 0 spiro atoms. The Kier molecular flexibility index (Phi) is 6.87. The SMILES string of the molecule is CCCCN(CCO)C(=O)Nc1ccc(Cl)c(C(=O)NC2CC2)c1. The Labute approximate surface area is 147 Å². The van der Waals surface area contributed by atoms with Crippen LogP contribution in [0.25, 0.3) is 0 Å². The van der Waals surface area contributed by atoms with Crippen molar-refractivity contribution in [2.24, 2.45) is 0 Å². The summed E-state index contributed by atoms with van der Waals surface area (Å²) in [7, 11) is 0. The van der Waals surface area contributed by atoms with E-state index in [0.717, 1.165) is 25.7 Å². The molecule has 0 bridgehead atoms. The first-order chi connectivity index (χ1) is 11.5. The maximum atomic E-state index is 12.3. The third kappa shape index (κ3) is 5.39. The second-order valence-corrected chi connectivity index (χ2v) is 6.34. The van der Waals surface area contributed by atoms with Crippen LogP contribution < -0.4 is 10.6 Å². The van der Waals surface area contributed by atoms with E-state index < -0.39 is 0 Å². The third-order valence-electron chi connectivity index (χ3n) is 3.81. The number of hydrogen-bond donors (Lipinski definition) is 3. The summed E-state index contributed by atoms with van der Waals surface area (Å²) < 4.78 is 0. The molecule has 2 rings (SSSR count). The van der Waals surface area contributed by atoms with Crippen molar-refractivity contribution in [1.29, 1.82) is 0 Å². The van der Waals surface area contributed by atoms with Crippen LogP contribution in [0.5, 0.6) is 0 Å². The first-order valence-corrected chi connectivity index (χ1v) is 8.70. The fraction of sp³-hybridized carbons (Fsp3) is 0.529. The number of nitrogens with zero attached hydrogens (tertiary/aromatic N) is 1. The smallest absolute Gasteiger partial charge is 0.321 e. The first-order valence-electron chi connectivity index (χ1n) is 8.32. The number of anilines is 1. The fourth-order valence-corrected chi connectivity index (χ4v) is 2.46. The van der Waals surface area contributed by atoms with E-state index in [0.29, 0.717) is 22.8 Å². The number of halogens is 1. The van der Waals surface area contributed by atoms with E-state index in [1.165, 1.54) is 0 Å². The Hall–Kier alpha value is -1.79. The largest absolute Gasteiger partial charge is 0.395 e. The summed E-state index contributed by atoms with van der Waals surface area (Å²) in [6.45, 7) is 2.80. The lowest BCUT2D eigenvalue weighted by atomic mass is 10.2. The minimum atomic E-state index is -0.298. The van der Waals surface area contributed by atoms with Crippen LogP contribution in [0.3, 0.4) is 0 Å². The summed E-state index contributed by atoms with van der Waals surface area (Å²) in [5.74, 6) is -0.225. The van der Waals surface area contributed by atoms with Crippen LogP contribution in [0.15, 0.2) is 18.2 Å². The lowest BCUT2D eigenvalue weighted by Crippen LogP contribution is -2.37. The van der Waals surface area contributed by atoms with Gasteiger partial charge in [0.1, 0.15) is 0 Å². The van der Waals surface area contributed by atoms with E-state index >= 15 is 0 Å². The van der Waals surface area contributed by atoms with Gasteiger partial charge in [0.2, 0.25) is 0 Å². The molecule has 24 heavy (non-hydrogen) atoms. The number of carbonyl (C=O) groups excluding carboxylic acids is 2. The number of aliphatic hydroxyl groups excluding tert-OH is 1. The second-order valence-electron chi connectivity index (χ2n) is 5.94. The van der Waals surface area contributed by atoms with Crippen LogP contribution in [0.4, 0.5) is 10.5 Å². The Morgan fingerprint density at radius 3 is 2.71 bits per heavy atom. The molecule has 132 valence electrons. The summed E-state index contributed by atoms with van der Waals surface area (Å²) >= 11 is 6.10. The molecular formula is C17H24ClN3O3. The third-order valence-corrected chi connectivity index (χ3v) is 4.14. The van der Waals surface area contributed by atoms with Crippen LogP contribution in [0.1, 0.15) is 43.0 Å². The molecule has 1 saturated carbocycles. The predicted molar refractivity (Wildman–Crippen MR) is 94.5 cm³/mol. The van der Waals surface area contributed by atoms with Crippen molar-refractivity contribution in [3.8, 4) is 0 Å². The number of nitrogens with one attached hydrogen (secondary N) is 2. The van der Waals surface area contributed by atoms with Crippen molar-refractivity contribution in [1.82, 2.24) is 10.2 Å². The standard InChI is InChI=1S/C17H24ClN3O3/c1-2-3-8-21(9-10-22)17(24)20-13-6-7-15(18)14(11-13)16(23)19-12-4-5-12/h6-7,11-12,22H,2-5,8-10H2,1H3,(H,19,23)(H,20,24). The summed E-state index contributed by atoms with van der Waals surface area (Å²) in [5, 5.41) is 15.1. The van der Waals surface area contributed by atoms with E-state index in [1.807, 2.05) is 6.92 Å². The van der Waals surface area contributed by atoms with E-state index in [9.17, 15) is 9.59 Å². The highest BCUT2D eigenvalue weighted by Gasteiger charge is 2.25. The Morgan fingerprint density at radius 1 is 1.33 bits per heavy atom. The molecule has 1 aliphatic carbocycles. The number of rotatable bonds is 8. The quantitative estimate of drug-likeness (QED) is 0.672. The molecule has 3 N–H and O–H groups in total. The molecule has 0 radical (unpaired) electrons. The average molecular weight is 354 g/mol. The molecule has 0 heterocycles. The van der Waals surface area contributed by atoms with Gasteiger partial charge in [0, 0.05) is 24.8 Å². The molecule has 0 saturated heterocycles. The zero-order chi connectivity index (χ0) is 17.5. The van der Waals surface area contributed by atoms with Crippen molar-refractivity contribution < 1.29 is 14.7 Å². The zero-order valence-corrected chi connectivity index (χ0v) is 14.6. The lowest BCUT2D eigenvalue weighted by Gasteiger charge is -2.22. The number of aliphatic hydroxyl groups is 1. The topological polar surface area (TPSA) is 81.7 Å². The van der Waals surface area contributed by atoms with Crippen molar-refractivity contribution in [3.05, 3.63) is 28.8 Å². The van der Waals surface area contributed by atoms with Gasteiger partial charge in [-0.05, 0) is 37.5 Å². The highest BCUT2D eigenvalue weighted by atomic mass is 35.5. The minimum absolute atomic E-state index is 0.0905. The zero-order valence-electron chi connectivity index (χ0n) is 13.8. The Morgan fingerprint density at radius 2 is 2.08 bits per heavy atom. The van der Waals surface area contributed by atoms with Crippen LogP contribution in [-0.2, 0) is 0 Å².